The van der Waals surface area contributed by atoms with Gasteiger partial charge in [0.2, 0.25) is 0 Å². The lowest BCUT2D eigenvalue weighted by Gasteiger charge is -2.39. The number of hydrogen-bond acceptors (Lipinski definition) is 9. The van der Waals surface area contributed by atoms with Crippen molar-refractivity contribution in [2.45, 2.75) is 192 Å². The number of aliphatic hydroxyl groups is 4. The van der Waals surface area contributed by atoms with Crippen molar-refractivity contribution < 1.29 is 44.2 Å². The molecule has 1 aliphatic heterocycles. The Labute approximate surface area is 268 Å². The molecule has 44 heavy (non-hydrogen) atoms. The van der Waals surface area contributed by atoms with Crippen LogP contribution in [0.25, 0.3) is 0 Å². The summed E-state index contributed by atoms with van der Waals surface area (Å²) in [6.07, 6.45) is 18.4. The lowest BCUT2D eigenvalue weighted by atomic mass is 9.99. The molecule has 1 aliphatic rings. The zero-order valence-corrected chi connectivity index (χ0v) is 28.2. The van der Waals surface area contributed by atoms with Crippen molar-refractivity contribution in [1.82, 2.24) is 0 Å². The molecule has 6 unspecified atom stereocenters. The predicted octanol–water partition coefficient (Wildman–Crippen LogP) is 6.35. The Hall–Kier alpha value is -0.810. The minimum absolute atomic E-state index is 0.107. The minimum Gasteiger partial charge on any atom is -0.457 e. The van der Waals surface area contributed by atoms with Gasteiger partial charge in [0.05, 0.1) is 19.8 Å². The largest absolute Gasteiger partial charge is 0.457 e. The van der Waals surface area contributed by atoms with Gasteiger partial charge < -0.3 is 39.4 Å². The summed E-state index contributed by atoms with van der Waals surface area (Å²) in [7, 11) is 0. The second-order valence-electron chi connectivity index (χ2n) is 12.7. The van der Waals surface area contributed by atoms with Crippen molar-refractivity contribution in [3.63, 3.8) is 0 Å². The molecule has 1 saturated heterocycles. The van der Waals surface area contributed by atoms with E-state index in [2.05, 4.69) is 13.8 Å². The van der Waals surface area contributed by atoms with Gasteiger partial charge in [-0.25, -0.2) is 0 Å². The van der Waals surface area contributed by atoms with Gasteiger partial charge in [0.25, 0.3) is 0 Å². The number of carbonyl (C=O) groups is 1. The molecule has 4 N–H and O–H groups in total. The van der Waals surface area contributed by atoms with E-state index in [9.17, 15) is 25.2 Å². The van der Waals surface area contributed by atoms with Crippen LogP contribution in [0.4, 0.5) is 0 Å². The van der Waals surface area contributed by atoms with Gasteiger partial charge in [-0.2, -0.15) is 0 Å². The second-order valence-corrected chi connectivity index (χ2v) is 12.7. The highest BCUT2D eigenvalue weighted by Gasteiger charge is 2.44. The maximum atomic E-state index is 12.6. The van der Waals surface area contributed by atoms with E-state index in [-0.39, 0.29) is 19.2 Å². The standard InChI is InChI=1S/C35H68O9/c1-3-5-7-9-11-13-14-15-16-17-18-20-22-24-31(37)43-29(27-41-25-23-21-19-12-10-8-6-4-2)28-42-35-34(40)33(39)32(38)30(26-36)44-35/h29-30,32-36,38-40H,3-28H2,1-2H3. The van der Waals surface area contributed by atoms with Gasteiger partial charge in [0.1, 0.15) is 30.5 Å². The first-order valence-corrected chi connectivity index (χ1v) is 18.1. The Bertz CT molecular complexity index is 648. The Morgan fingerprint density at radius 3 is 1.61 bits per heavy atom. The SMILES string of the molecule is CCCCCCCCCCCCCCCC(=O)OC(COCCCCCCCCCC)COC1OC(CO)C(O)C(O)C1O. The lowest BCUT2D eigenvalue weighted by molar-refractivity contribution is -0.305. The molecule has 0 aromatic rings. The van der Waals surface area contributed by atoms with Crippen LogP contribution in [-0.4, -0.2) is 89.6 Å². The van der Waals surface area contributed by atoms with Crippen LogP contribution in [0.2, 0.25) is 0 Å². The molecule has 1 heterocycles. The van der Waals surface area contributed by atoms with Crippen molar-refractivity contribution in [3.8, 4) is 0 Å². The molecule has 262 valence electrons. The number of ether oxygens (including phenoxy) is 4. The van der Waals surface area contributed by atoms with E-state index in [0.717, 1.165) is 32.1 Å². The van der Waals surface area contributed by atoms with Gasteiger partial charge in [-0.3, -0.25) is 4.79 Å². The fourth-order valence-electron chi connectivity index (χ4n) is 5.61. The molecule has 6 atom stereocenters. The molecule has 1 fully saturated rings. The quantitative estimate of drug-likeness (QED) is 0.0527. The zero-order chi connectivity index (χ0) is 32.3. The third-order valence-electron chi connectivity index (χ3n) is 8.52. The average Bonchev–Trinajstić information content (AvgIpc) is 3.02. The topological polar surface area (TPSA) is 135 Å². The van der Waals surface area contributed by atoms with Crippen LogP contribution in [0, 0.1) is 0 Å². The zero-order valence-electron chi connectivity index (χ0n) is 28.2. The highest BCUT2D eigenvalue weighted by atomic mass is 16.7. The highest BCUT2D eigenvalue weighted by Crippen LogP contribution is 2.22. The van der Waals surface area contributed by atoms with E-state index < -0.39 is 43.4 Å². The third-order valence-corrected chi connectivity index (χ3v) is 8.52. The van der Waals surface area contributed by atoms with Crippen LogP contribution >= 0.6 is 0 Å². The molecule has 1 rings (SSSR count). The number of unbranched alkanes of at least 4 members (excludes halogenated alkanes) is 19. The summed E-state index contributed by atoms with van der Waals surface area (Å²) in [6, 6.07) is 0. The molecule has 9 nitrogen and oxygen atoms in total. The summed E-state index contributed by atoms with van der Waals surface area (Å²) < 4.78 is 22.6. The summed E-state index contributed by atoms with van der Waals surface area (Å²) in [4.78, 5) is 12.6. The fourth-order valence-corrected chi connectivity index (χ4v) is 5.61. The summed E-state index contributed by atoms with van der Waals surface area (Å²) >= 11 is 0. The van der Waals surface area contributed by atoms with Crippen LogP contribution in [0.15, 0.2) is 0 Å². The molecule has 0 aliphatic carbocycles. The Kier molecular flexibility index (Phi) is 26.6. The Balaban J connectivity index is 2.33. The molecule has 0 amide bonds. The molecule has 0 spiro atoms. The average molecular weight is 633 g/mol. The van der Waals surface area contributed by atoms with Crippen LogP contribution in [0.5, 0.6) is 0 Å². The van der Waals surface area contributed by atoms with E-state index in [4.69, 9.17) is 18.9 Å². The molecule has 0 aromatic heterocycles. The maximum Gasteiger partial charge on any atom is 0.306 e. The van der Waals surface area contributed by atoms with Crippen LogP contribution in [-0.2, 0) is 23.7 Å². The van der Waals surface area contributed by atoms with Crippen molar-refractivity contribution in [3.05, 3.63) is 0 Å². The Morgan fingerprint density at radius 2 is 1.11 bits per heavy atom. The van der Waals surface area contributed by atoms with Crippen molar-refractivity contribution in [2.75, 3.05) is 26.4 Å². The summed E-state index contributed by atoms with van der Waals surface area (Å²) in [5, 5.41) is 39.8. The summed E-state index contributed by atoms with van der Waals surface area (Å²) in [5.41, 5.74) is 0. The minimum atomic E-state index is -1.53. The van der Waals surface area contributed by atoms with Gasteiger partial charge in [-0.1, -0.05) is 136 Å². The number of aliphatic hydroxyl groups excluding tert-OH is 4. The van der Waals surface area contributed by atoms with Gasteiger partial charge in [-0.05, 0) is 12.8 Å². The molecule has 9 heteroatoms. The van der Waals surface area contributed by atoms with Crippen molar-refractivity contribution >= 4 is 5.97 Å². The van der Waals surface area contributed by atoms with E-state index >= 15 is 0 Å². The number of carbonyl (C=O) groups excluding carboxylic acids is 1. The van der Waals surface area contributed by atoms with E-state index in [1.807, 2.05) is 0 Å². The van der Waals surface area contributed by atoms with Crippen LogP contribution < -0.4 is 0 Å². The van der Waals surface area contributed by atoms with Crippen LogP contribution in [0.3, 0.4) is 0 Å². The van der Waals surface area contributed by atoms with Gasteiger partial charge in [-0.15, -0.1) is 0 Å². The Morgan fingerprint density at radius 1 is 0.636 bits per heavy atom. The first kappa shape index (κ1) is 41.2. The number of hydrogen-bond donors (Lipinski definition) is 4. The molecule has 0 radical (unpaired) electrons. The van der Waals surface area contributed by atoms with E-state index in [0.29, 0.717) is 13.0 Å². The van der Waals surface area contributed by atoms with Crippen LogP contribution in [0.1, 0.15) is 155 Å². The van der Waals surface area contributed by atoms with Gasteiger partial charge in [0, 0.05) is 13.0 Å². The van der Waals surface area contributed by atoms with E-state index in [1.54, 1.807) is 0 Å². The van der Waals surface area contributed by atoms with Crippen molar-refractivity contribution in [1.29, 1.82) is 0 Å². The lowest BCUT2D eigenvalue weighted by Crippen LogP contribution is -2.59. The third kappa shape index (κ3) is 20.3. The highest BCUT2D eigenvalue weighted by molar-refractivity contribution is 5.69. The maximum absolute atomic E-state index is 12.6. The first-order valence-electron chi connectivity index (χ1n) is 18.1. The van der Waals surface area contributed by atoms with Crippen molar-refractivity contribution in [2.24, 2.45) is 0 Å². The van der Waals surface area contributed by atoms with Gasteiger partial charge >= 0.3 is 5.97 Å². The molecule has 0 saturated carbocycles. The summed E-state index contributed by atoms with van der Waals surface area (Å²) in [6.45, 7) is 4.53. The fraction of sp³-hybridized carbons (Fsp3) is 0.971. The normalized spacial score (nSPS) is 22.7. The molecular formula is C35H68O9. The molecular weight excluding hydrogens is 564 g/mol. The summed E-state index contributed by atoms with van der Waals surface area (Å²) in [5.74, 6) is -0.314. The number of esters is 1. The first-order chi connectivity index (χ1) is 21.4. The molecule has 0 aromatic carbocycles. The monoisotopic (exact) mass is 632 g/mol. The number of rotatable bonds is 30. The van der Waals surface area contributed by atoms with Gasteiger partial charge in [0.15, 0.2) is 6.29 Å². The predicted molar refractivity (Wildman–Crippen MR) is 173 cm³/mol. The van der Waals surface area contributed by atoms with E-state index in [1.165, 1.54) is 103 Å². The second kappa shape index (κ2) is 28.4. The smallest absolute Gasteiger partial charge is 0.306 e. The molecule has 0 bridgehead atoms.